The van der Waals surface area contributed by atoms with E-state index >= 15 is 0 Å². The Morgan fingerprint density at radius 3 is 1.35 bits per heavy atom. The first-order chi connectivity index (χ1) is 14.4. The maximum atomic E-state index is 11.0. The molecule has 31 heavy (non-hydrogen) atoms. The molecule has 0 aromatic heterocycles. The molecule has 0 fully saturated rings. The van der Waals surface area contributed by atoms with Gasteiger partial charge in [0.15, 0.2) is 0 Å². The first kappa shape index (κ1) is 31.5. The average molecular weight is 481 g/mol. The summed E-state index contributed by atoms with van der Waals surface area (Å²) in [6, 6.07) is 0. The number of carbonyl (C=O) groups excluding carboxylic acids is 2. The third-order valence-electron chi connectivity index (χ3n) is 2.96. The lowest BCUT2D eigenvalue weighted by molar-refractivity contribution is 0.0354. The van der Waals surface area contributed by atoms with Crippen LogP contribution in [-0.4, -0.2) is 58.7 Å². The molecule has 0 bridgehead atoms. The van der Waals surface area contributed by atoms with Crippen molar-refractivity contribution in [2.24, 2.45) is 0 Å². The van der Waals surface area contributed by atoms with Crippen LogP contribution in [0.1, 0.15) is 66.2 Å². The molecule has 0 aliphatic heterocycles. The van der Waals surface area contributed by atoms with Gasteiger partial charge in [-0.2, -0.15) is 0 Å². The summed E-state index contributed by atoms with van der Waals surface area (Å²) in [4.78, 5) is 22.1. The summed E-state index contributed by atoms with van der Waals surface area (Å²) < 4.78 is 13.7. The molecule has 0 aliphatic carbocycles. The van der Waals surface area contributed by atoms with E-state index in [1.54, 1.807) is 27.7 Å². The molecule has 0 aliphatic rings. The Balaban J connectivity index is 0. The van der Waals surface area contributed by atoms with Crippen molar-refractivity contribution >= 4 is 35.5 Å². The number of hydrogen-bond donors (Lipinski definition) is 2. The van der Waals surface area contributed by atoms with Crippen molar-refractivity contribution in [1.82, 2.24) is 0 Å². The summed E-state index contributed by atoms with van der Waals surface area (Å²) in [7, 11) is 0. The molecule has 0 unspecified atom stereocenters. The zero-order chi connectivity index (χ0) is 24.2. The minimum Gasteiger partial charge on any atom is -0.434 e. The predicted octanol–water partition coefficient (Wildman–Crippen LogP) is 4.63. The topological polar surface area (TPSA) is 102 Å². The molecule has 9 heteroatoms. The van der Waals surface area contributed by atoms with Crippen LogP contribution in [0.3, 0.4) is 0 Å². The Morgan fingerprint density at radius 1 is 0.710 bits per heavy atom. The molecular formula is C22H34Cl2O7. The van der Waals surface area contributed by atoms with Gasteiger partial charge in [-0.25, -0.2) is 9.59 Å². The minimum atomic E-state index is -1.03. The van der Waals surface area contributed by atoms with Gasteiger partial charge < -0.3 is 24.4 Å². The molecule has 0 saturated heterocycles. The van der Waals surface area contributed by atoms with Crippen LogP contribution in [0.25, 0.3) is 0 Å². The Kier molecular flexibility index (Phi) is 19.4. The highest BCUT2D eigenvalue weighted by Crippen LogP contribution is 2.01. The fourth-order valence-electron chi connectivity index (χ4n) is 1.55. The molecular weight excluding hydrogens is 447 g/mol. The Labute approximate surface area is 195 Å². The van der Waals surface area contributed by atoms with Gasteiger partial charge in [-0.05, 0) is 78.1 Å². The van der Waals surface area contributed by atoms with E-state index in [2.05, 4.69) is 37.9 Å². The molecule has 2 N–H and O–H groups in total. The van der Waals surface area contributed by atoms with Crippen LogP contribution in [0.2, 0.25) is 0 Å². The van der Waals surface area contributed by atoms with Crippen molar-refractivity contribution in [1.29, 1.82) is 0 Å². The van der Waals surface area contributed by atoms with E-state index in [1.165, 1.54) is 0 Å². The van der Waals surface area contributed by atoms with Crippen molar-refractivity contribution in [3.05, 3.63) is 0 Å². The molecule has 0 spiro atoms. The van der Waals surface area contributed by atoms with Gasteiger partial charge in [0, 0.05) is 11.8 Å². The summed E-state index contributed by atoms with van der Waals surface area (Å²) in [5.74, 6) is 11.1. The van der Waals surface area contributed by atoms with Gasteiger partial charge >= 0.3 is 12.3 Å². The standard InChI is InChI=1S/C12H20Cl2O5.C10H14O2/c13-7-3-1-5-9-17-11(15)19-12(16)18-10-6-2-4-8-14;1-9(2,11)7-5-6-8-10(3,4)12/h1-10H2;11-12H,1-4H3. The monoisotopic (exact) mass is 480 g/mol. The Morgan fingerprint density at radius 2 is 1.06 bits per heavy atom. The van der Waals surface area contributed by atoms with Crippen LogP contribution < -0.4 is 0 Å². The number of ether oxygens (including phenoxy) is 3. The van der Waals surface area contributed by atoms with Crippen molar-refractivity contribution in [2.45, 2.75) is 77.4 Å². The lowest BCUT2D eigenvalue weighted by Crippen LogP contribution is -2.16. The number of unbranched alkanes of at least 4 members (excludes halogenated alkanes) is 4. The fourth-order valence-corrected chi connectivity index (χ4v) is 1.93. The predicted molar refractivity (Wildman–Crippen MR) is 121 cm³/mol. The normalized spacial score (nSPS) is 10.3. The molecule has 0 aromatic carbocycles. The zero-order valence-electron chi connectivity index (χ0n) is 18.8. The molecule has 0 rings (SSSR count). The number of halogens is 2. The van der Waals surface area contributed by atoms with Gasteiger partial charge in [-0.1, -0.05) is 11.8 Å². The van der Waals surface area contributed by atoms with E-state index in [1.807, 2.05) is 0 Å². The third-order valence-corrected chi connectivity index (χ3v) is 3.50. The van der Waals surface area contributed by atoms with Crippen molar-refractivity contribution in [3.8, 4) is 23.7 Å². The van der Waals surface area contributed by atoms with Crippen LogP contribution in [0.5, 0.6) is 0 Å². The van der Waals surface area contributed by atoms with Crippen LogP contribution >= 0.6 is 23.2 Å². The number of carbonyl (C=O) groups is 2. The van der Waals surface area contributed by atoms with Gasteiger partial charge in [0.05, 0.1) is 13.2 Å². The first-order valence-electron chi connectivity index (χ1n) is 10.0. The summed E-state index contributed by atoms with van der Waals surface area (Å²) in [6.07, 6.45) is 2.77. The minimum absolute atomic E-state index is 0.207. The van der Waals surface area contributed by atoms with Crippen LogP contribution in [0.15, 0.2) is 0 Å². The maximum Gasteiger partial charge on any atom is 0.518 e. The molecule has 7 nitrogen and oxygen atoms in total. The zero-order valence-corrected chi connectivity index (χ0v) is 20.3. The van der Waals surface area contributed by atoms with Crippen molar-refractivity contribution in [2.75, 3.05) is 25.0 Å². The summed E-state index contributed by atoms with van der Waals surface area (Å²) in [5, 5.41) is 18.3. The van der Waals surface area contributed by atoms with E-state index in [4.69, 9.17) is 33.4 Å². The van der Waals surface area contributed by atoms with Crippen LogP contribution in [0.4, 0.5) is 9.59 Å². The number of hydrogen-bond acceptors (Lipinski definition) is 7. The number of aliphatic hydroxyl groups is 2. The second-order valence-corrected chi connectivity index (χ2v) is 8.17. The van der Waals surface area contributed by atoms with Gasteiger partial charge in [0.25, 0.3) is 0 Å². The Bertz CT molecular complexity index is 560. The molecule has 0 radical (unpaired) electrons. The van der Waals surface area contributed by atoms with E-state index in [0.29, 0.717) is 24.6 Å². The SMILES string of the molecule is CC(C)(O)C#CC#CC(C)(C)O.O=C(OCCCCCCl)OC(=O)OCCCCCCl. The molecule has 0 aromatic rings. The lowest BCUT2D eigenvalue weighted by atomic mass is 10.1. The number of alkyl halides is 2. The van der Waals surface area contributed by atoms with Gasteiger partial charge in [-0.3, -0.25) is 0 Å². The molecule has 0 atom stereocenters. The van der Waals surface area contributed by atoms with Crippen LogP contribution in [-0.2, 0) is 14.2 Å². The maximum absolute atomic E-state index is 11.0. The molecule has 0 saturated carbocycles. The highest BCUT2D eigenvalue weighted by atomic mass is 35.5. The number of rotatable bonds is 10. The summed E-state index contributed by atoms with van der Waals surface area (Å²) >= 11 is 11.0. The van der Waals surface area contributed by atoms with E-state index in [9.17, 15) is 9.59 Å². The van der Waals surface area contributed by atoms with Gasteiger partial charge in [0.1, 0.15) is 11.2 Å². The molecule has 0 heterocycles. The molecule has 0 amide bonds. The van der Waals surface area contributed by atoms with Crippen molar-refractivity contribution in [3.63, 3.8) is 0 Å². The molecule has 178 valence electrons. The fraction of sp³-hybridized carbons (Fsp3) is 0.727. The van der Waals surface area contributed by atoms with E-state index in [0.717, 1.165) is 25.7 Å². The average Bonchev–Trinajstić information content (AvgIpc) is 2.64. The quantitative estimate of drug-likeness (QED) is 0.154. The van der Waals surface area contributed by atoms with Gasteiger partial charge in [-0.15, -0.1) is 23.2 Å². The largest absolute Gasteiger partial charge is 0.518 e. The van der Waals surface area contributed by atoms with E-state index < -0.39 is 23.5 Å². The summed E-state index contributed by atoms with van der Waals surface area (Å²) in [5.41, 5.74) is -2.04. The van der Waals surface area contributed by atoms with E-state index in [-0.39, 0.29) is 13.2 Å². The van der Waals surface area contributed by atoms with Crippen LogP contribution in [0, 0.1) is 23.7 Å². The third kappa shape index (κ3) is 30.6. The summed E-state index contributed by atoms with van der Waals surface area (Å²) in [6.45, 7) is 6.71. The second kappa shape index (κ2) is 19.1. The highest BCUT2D eigenvalue weighted by molar-refractivity contribution is 6.18. The van der Waals surface area contributed by atoms with Gasteiger partial charge in [0.2, 0.25) is 0 Å². The van der Waals surface area contributed by atoms with Crippen molar-refractivity contribution < 1.29 is 34.0 Å². The highest BCUT2D eigenvalue weighted by Gasteiger charge is 2.12. The Hall–Kier alpha value is -1.64. The lowest BCUT2D eigenvalue weighted by Gasteiger charge is -2.05. The second-order valence-electron chi connectivity index (χ2n) is 7.42. The smallest absolute Gasteiger partial charge is 0.434 e. The first-order valence-corrected chi connectivity index (χ1v) is 11.1.